The number of nitrogens with one attached hydrogen (secondary N) is 1. The molecule has 1 unspecified atom stereocenters. The molecule has 3 N–H and O–H groups in total. The van der Waals surface area contributed by atoms with E-state index in [9.17, 15) is 4.79 Å². The molecule has 122 valence electrons. The van der Waals surface area contributed by atoms with Gasteiger partial charge in [0.15, 0.2) is 0 Å². The number of hydrogen-bond donors (Lipinski definition) is 2. The quantitative estimate of drug-likeness (QED) is 0.905. The molecule has 0 saturated heterocycles. The van der Waals surface area contributed by atoms with Crippen molar-refractivity contribution in [2.45, 2.75) is 38.8 Å². The van der Waals surface area contributed by atoms with Gasteiger partial charge in [-0.3, -0.25) is 4.79 Å². The van der Waals surface area contributed by atoms with Crippen LogP contribution in [0.5, 0.6) is 5.75 Å². The van der Waals surface area contributed by atoms with Gasteiger partial charge in [-0.05, 0) is 57.5 Å². The molecule has 0 saturated carbocycles. The van der Waals surface area contributed by atoms with E-state index in [4.69, 9.17) is 10.5 Å². The Bertz CT molecular complexity index is 656. The van der Waals surface area contributed by atoms with Gasteiger partial charge in [0, 0.05) is 5.69 Å². The van der Waals surface area contributed by atoms with Crippen LogP contribution in [0.4, 0.5) is 5.69 Å². The molecule has 2 aromatic rings. The van der Waals surface area contributed by atoms with Gasteiger partial charge in [0.05, 0.1) is 0 Å². The molecule has 23 heavy (non-hydrogen) atoms. The fourth-order valence-corrected chi connectivity index (χ4v) is 2.14. The molecule has 0 spiro atoms. The number of benzene rings is 2. The molecule has 0 aliphatic carbocycles. The van der Waals surface area contributed by atoms with E-state index < -0.39 is 5.54 Å². The van der Waals surface area contributed by atoms with Crippen molar-refractivity contribution in [2.24, 2.45) is 5.73 Å². The van der Waals surface area contributed by atoms with E-state index in [1.54, 1.807) is 19.1 Å². The molecular weight excluding hydrogens is 288 g/mol. The van der Waals surface area contributed by atoms with Crippen molar-refractivity contribution in [1.82, 2.24) is 0 Å². The maximum absolute atomic E-state index is 12.5. The predicted molar refractivity (Wildman–Crippen MR) is 93.4 cm³/mol. The van der Waals surface area contributed by atoms with E-state index in [2.05, 4.69) is 5.32 Å². The third kappa shape index (κ3) is 4.57. The molecule has 2 aromatic carbocycles. The molecule has 0 aliphatic heterocycles. The number of hydrogen-bond acceptors (Lipinski definition) is 3. The summed E-state index contributed by atoms with van der Waals surface area (Å²) < 4.78 is 5.76. The zero-order valence-electron chi connectivity index (χ0n) is 14.1. The van der Waals surface area contributed by atoms with Gasteiger partial charge in [-0.1, -0.05) is 30.3 Å². The summed E-state index contributed by atoms with van der Waals surface area (Å²) in [6.45, 7) is 7.67. The molecule has 0 heterocycles. The van der Waals surface area contributed by atoms with Crippen LogP contribution in [0.15, 0.2) is 54.6 Å². The van der Waals surface area contributed by atoms with Gasteiger partial charge in [-0.2, -0.15) is 0 Å². The third-order valence-electron chi connectivity index (χ3n) is 3.38. The topological polar surface area (TPSA) is 64.3 Å². The summed E-state index contributed by atoms with van der Waals surface area (Å²) in [5.74, 6) is 0.502. The lowest BCUT2D eigenvalue weighted by Gasteiger charge is -2.24. The summed E-state index contributed by atoms with van der Waals surface area (Å²) in [6.07, 6.45) is 0. The number of rotatable bonds is 4. The number of amides is 1. The van der Waals surface area contributed by atoms with Crippen molar-refractivity contribution in [3.8, 4) is 5.75 Å². The Labute approximate surface area is 137 Å². The van der Waals surface area contributed by atoms with Crippen LogP contribution in [0, 0.1) is 0 Å². The number of carbonyl (C=O) groups is 1. The highest BCUT2D eigenvalue weighted by Crippen LogP contribution is 2.23. The van der Waals surface area contributed by atoms with E-state index in [-0.39, 0.29) is 11.5 Å². The van der Waals surface area contributed by atoms with Crippen LogP contribution in [-0.4, -0.2) is 11.5 Å². The molecule has 0 aliphatic rings. The van der Waals surface area contributed by atoms with Gasteiger partial charge in [0.25, 0.3) is 0 Å². The van der Waals surface area contributed by atoms with Gasteiger partial charge in [0.2, 0.25) is 5.91 Å². The smallest absolute Gasteiger partial charge is 0.248 e. The summed E-state index contributed by atoms with van der Waals surface area (Å²) in [4.78, 5) is 12.5. The van der Waals surface area contributed by atoms with Crippen LogP contribution in [0.1, 0.15) is 33.3 Å². The maximum atomic E-state index is 12.5. The van der Waals surface area contributed by atoms with E-state index in [1.165, 1.54) is 0 Å². The van der Waals surface area contributed by atoms with Crippen LogP contribution >= 0.6 is 0 Å². The first-order chi connectivity index (χ1) is 10.7. The van der Waals surface area contributed by atoms with Crippen LogP contribution in [0.2, 0.25) is 0 Å². The van der Waals surface area contributed by atoms with Gasteiger partial charge in [-0.25, -0.2) is 0 Å². The summed E-state index contributed by atoms with van der Waals surface area (Å²) in [6, 6.07) is 16.6. The second-order valence-corrected chi connectivity index (χ2v) is 6.76. The number of nitrogens with two attached hydrogens (primary N) is 1. The Morgan fingerprint density at radius 1 is 0.957 bits per heavy atom. The largest absolute Gasteiger partial charge is 0.488 e. The summed E-state index contributed by atoms with van der Waals surface area (Å²) in [7, 11) is 0. The Hall–Kier alpha value is -2.33. The lowest BCUT2D eigenvalue weighted by atomic mass is 9.92. The third-order valence-corrected chi connectivity index (χ3v) is 3.38. The van der Waals surface area contributed by atoms with Crippen molar-refractivity contribution in [3.05, 3.63) is 60.2 Å². The number of anilines is 1. The molecule has 4 heteroatoms. The second-order valence-electron chi connectivity index (χ2n) is 6.76. The first-order valence-corrected chi connectivity index (χ1v) is 7.63. The summed E-state index contributed by atoms with van der Waals surface area (Å²) in [5.41, 5.74) is 6.31. The fourth-order valence-electron chi connectivity index (χ4n) is 2.14. The summed E-state index contributed by atoms with van der Waals surface area (Å²) in [5, 5.41) is 2.85. The standard InChI is InChI=1S/C19H24N2O2/c1-18(2,3)23-16-12-10-15(11-13-16)21-17(22)19(4,20)14-8-6-5-7-9-14/h5-13H,20H2,1-4H3,(H,21,22). The van der Waals surface area contributed by atoms with Crippen LogP contribution < -0.4 is 15.8 Å². The average molecular weight is 312 g/mol. The number of ether oxygens (including phenoxy) is 1. The first-order valence-electron chi connectivity index (χ1n) is 7.63. The van der Waals surface area contributed by atoms with E-state index in [0.29, 0.717) is 5.69 Å². The Morgan fingerprint density at radius 3 is 2.04 bits per heavy atom. The molecule has 0 radical (unpaired) electrons. The maximum Gasteiger partial charge on any atom is 0.248 e. The molecule has 2 rings (SSSR count). The lowest BCUT2D eigenvalue weighted by molar-refractivity contribution is -0.120. The van der Waals surface area contributed by atoms with E-state index >= 15 is 0 Å². The minimum Gasteiger partial charge on any atom is -0.488 e. The second kappa shape index (κ2) is 6.42. The Morgan fingerprint density at radius 2 is 1.52 bits per heavy atom. The molecule has 4 nitrogen and oxygen atoms in total. The van der Waals surface area contributed by atoms with Crippen LogP contribution in [0.25, 0.3) is 0 Å². The normalized spacial score (nSPS) is 14.0. The zero-order valence-corrected chi connectivity index (χ0v) is 14.1. The van der Waals surface area contributed by atoms with Gasteiger partial charge >= 0.3 is 0 Å². The first kappa shape index (κ1) is 17.0. The predicted octanol–water partition coefficient (Wildman–Crippen LogP) is 3.68. The van der Waals surface area contributed by atoms with Crippen molar-refractivity contribution >= 4 is 11.6 Å². The van der Waals surface area contributed by atoms with Crippen molar-refractivity contribution in [3.63, 3.8) is 0 Å². The molecule has 0 fully saturated rings. The van der Waals surface area contributed by atoms with Crippen LogP contribution in [0.3, 0.4) is 0 Å². The minimum atomic E-state index is -1.10. The highest BCUT2D eigenvalue weighted by Gasteiger charge is 2.30. The lowest BCUT2D eigenvalue weighted by Crippen LogP contribution is -2.45. The average Bonchev–Trinajstić information content (AvgIpc) is 2.48. The summed E-state index contributed by atoms with van der Waals surface area (Å²) >= 11 is 0. The molecule has 1 amide bonds. The molecule has 0 aromatic heterocycles. The molecule has 1 atom stereocenters. The minimum absolute atomic E-state index is 0.256. The van der Waals surface area contributed by atoms with Gasteiger partial charge in [0.1, 0.15) is 16.9 Å². The van der Waals surface area contributed by atoms with Crippen molar-refractivity contribution in [1.29, 1.82) is 0 Å². The van der Waals surface area contributed by atoms with E-state index in [0.717, 1.165) is 11.3 Å². The Kier molecular flexibility index (Phi) is 4.76. The Balaban J connectivity index is 2.08. The highest BCUT2D eigenvalue weighted by atomic mass is 16.5. The van der Waals surface area contributed by atoms with Crippen molar-refractivity contribution in [2.75, 3.05) is 5.32 Å². The van der Waals surface area contributed by atoms with Gasteiger partial charge in [-0.15, -0.1) is 0 Å². The monoisotopic (exact) mass is 312 g/mol. The van der Waals surface area contributed by atoms with Crippen LogP contribution in [-0.2, 0) is 10.3 Å². The number of carbonyl (C=O) groups excluding carboxylic acids is 1. The fraction of sp³-hybridized carbons (Fsp3) is 0.316. The van der Waals surface area contributed by atoms with E-state index in [1.807, 2.05) is 63.2 Å². The molecule has 0 bridgehead atoms. The zero-order chi connectivity index (χ0) is 17.1. The molecular formula is C19H24N2O2. The van der Waals surface area contributed by atoms with Crippen molar-refractivity contribution < 1.29 is 9.53 Å². The highest BCUT2D eigenvalue weighted by molar-refractivity contribution is 5.98. The van der Waals surface area contributed by atoms with Gasteiger partial charge < -0.3 is 15.8 Å². The SMILES string of the molecule is CC(C)(C)Oc1ccc(NC(=O)C(C)(N)c2ccccc2)cc1.